The Morgan fingerprint density at radius 2 is 1.95 bits per heavy atom. The zero-order valence-electron chi connectivity index (χ0n) is 12.0. The third kappa shape index (κ3) is 3.37. The van der Waals surface area contributed by atoms with Crippen molar-refractivity contribution in [1.29, 1.82) is 0 Å². The number of nitrogens with zero attached hydrogens (tertiary/aromatic N) is 2. The number of amides is 1. The molecule has 0 radical (unpaired) electrons. The van der Waals surface area contributed by atoms with E-state index in [2.05, 4.69) is 27.5 Å². The third-order valence-electron chi connectivity index (χ3n) is 3.47. The lowest BCUT2D eigenvalue weighted by Gasteiger charge is -2.09. The van der Waals surface area contributed by atoms with Gasteiger partial charge in [0.25, 0.3) is 5.91 Å². The molecule has 0 saturated heterocycles. The number of rotatable bonds is 5. The number of anilines is 2. The fraction of sp³-hybridized carbons (Fsp3) is 0.312. The first kappa shape index (κ1) is 13.5. The number of aromatic nitrogens is 2. The minimum Gasteiger partial charge on any atom is -0.351 e. The Kier molecular flexibility index (Phi) is 3.81. The largest absolute Gasteiger partial charge is 0.351 e. The molecule has 3 rings (SSSR count). The Bertz CT molecular complexity index is 635. The molecular weight excluding hydrogens is 264 g/mol. The van der Waals surface area contributed by atoms with Gasteiger partial charge in [-0.25, -0.2) is 9.97 Å². The van der Waals surface area contributed by atoms with Crippen molar-refractivity contribution in [3.63, 3.8) is 0 Å². The third-order valence-corrected chi connectivity index (χ3v) is 3.47. The van der Waals surface area contributed by atoms with Gasteiger partial charge in [-0.3, -0.25) is 4.79 Å². The van der Waals surface area contributed by atoms with E-state index in [-0.39, 0.29) is 5.91 Å². The summed E-state index contributed by atoms with van der Waals surface area (Å²) in [6.45, 7) is 2.06. The molecule has 5 heteroatoms. The van der Waals surface area contributed by atoms with Crippen molar-refractivity contribution in [1.82, 2.24) is 9.97 Å². The highest BCUT2D eigenvalue weighted by Gasteiger charge is 2.21. The van der Waals surface area contributed by atoms with Crippen LogP contribution >= 0.6 is 0 Å². The van der Waals surface area contributed by atoms with Crippen LogP contribution in [0.3, 0.4) is 0 Å². The summed E-state index contributed by atoms with van der Waals surface area (Å²) in [5.41, 5.74) is 2.41. The number of nitrogens with one attached hydrogen (secondary N) is 2. The maximum Gasteiger partial charge on any atom is 0.258 e. The van der Waals surface area contributed by atoms with Crippen LogP contribution in [0.4, 0.5) is 11.6 Å². The zero-order chi connectivity index (χ0) is 14.7. The van der Waals surface area contributed by atoms with Crippen molar-refractivity contribution in [2.75, 3.05) is 10.6 Å². The van der Waals surface area contributed by atoms with Crippen molar-refractivity contribution in [2.45, 2.75) is 32.2 Å². The van der Waals surface area contributed by atoms with Gasteiger partial charge in [0.2, 0.25) is 5.95 Å². The van der Waals surface area contributed by atoms with Gasteiger partial charge in [-0.1, -0.05) is 25.1 Å². The molecule has 1 aromatic heterocycles. The fourth-order valence-electron chi connectivity index (χ4n) is 2.08. The lowest BCUT2D eigenvalue weighted by atomic mass is 10.1. The van der Waals surface area contributed by atoms with Crippen molar-refractivity contribution >= 4 is 17.5 Å². The fourth-order valence-corrected chi connectivity index (χ4v) is 2.08. The number of aryl methyl sites for hydroxylation is 1. The van der Waals surface area contributed by atoms with E-state index in [1.807, 2.05) is 24.3 Å². The Balaban J connectivity index is 1.69. The molecule has 1 aliphatic carbocycles. The van der Waals surface area contributed by atoms with Gasteiger partial charge in [0, 0.05) is 24.1 Å². The van der Waals surface area contributed by atoms with Crippen LogP contribution in [0.15, 0.2) is 36.7 Å². The molecule has 2 aromatic rings. The first-order valence-electron chi connectivity index (χ1n) is 7.24. The topological polar surface area (TPSA) is 66.9 Å². The Morgan fingerprint density at radius 3 is 2.62 bits per heavy atom. The summed E-state index contributed by atoms with van der Waals surface area (Å²) in [5.74, 6) is 0.400. The SMILES string of the molecule is CCc1ccccc1NC(=O)c1cnc(NC2CC2)nc1. The van der Waals surface area contributed by atoms with E-state index in [4.69, 9.17) is 0 Å². The second kappa shape index (κ2) is 5.91. The van der Waals surface area contributed by atoms with Crippen LogP contribution < -0.4 is 10.6 Å². The summed E-state index contributed by atoms with van der Waals surface area (Å²) in [6.07, 6.45) is 6.32. The Labute approximate surface area is 123 Å². The van der Waals surface area contributed by atoms with Crippen LogP contribution in [-0.4, -0.2) is 21.9 Å². The van der Waals surface area contributed by atoms with Gasteiger partial charge in [0.15, 0.2) is 0 Å². The van der Waals surface area contributed by atoms with Crippen LogP contribution in [0.25, 0.3) is 0 Å². The number of hydrogen-bond acceptors (Lipinski definition) is 4. The van der Waals surface area contributed by atoms with Crippen LogP contribution in [0.2, 0.25) is 0 Å². The average molecular weight is 282 g/mol. The van der Waals surface area contributed by atoms with E-state index in [0.717, 1.165) is 17.7 Å². The normalized spacial score (nSPS) is 13.8. The van der Waals surface area contributed by atoms with Crippen LogP contribution in [0, 0.1) is 0 Å². The summed E-state index contributed by atoms with van der Waals surface area (Å²) >= 11 is 0. The van der Waals surface area contributed by atoms with Gasteiger partial charge < -0.3 is 10.6 Å². The maximum atomic E-state index is 12.2. The Morgan fingerprint density at radius 1 is 1.24 bits per heavy atom. The predicted molar refractivity (Wildman–Crippen MR) is 82.4 cm³/mol. The smallest absolute Gasteiger partial charge is 0.258 e. The molecule has 1 heterocycles. The second-order valence-corrected chi connectivity index (χ2v) is 5.18. The summed E-state index contributed by atoms with van der Waals surface area (Å²) in [5, 5.41) is 6.11. The lowest BCUT2D eigenvalue weighted by Crippen LogP contribution is -2.14. The molecule has 1 fully saturated rings. The van der Waals surface area contributed by atoms with E-state index >= 15 is 0 Å². The molecule has 108 valence electrons. The maximum absolute atomic E-state index is 12.2. The Hall–Kier alpha value is -2.43. The summed E-state index contributed by atoms with van der Waals surface area (Å²) in [6, 6.07) is 8.29. The van der Waals surface area contributed by atoms with Gasteiger partial charge in [0.05, 0.1) is 5.56 Å². The molecule has 0 unspecified atom stereocenters. The predicted octanol–water partition coefficient (Wildman–Crippen LogP) is 2.87. The van der Waals surface area contributed by atoms with Crippen LogP contribution in [0.5, 0.6) is 0 Å². The lowest BCUT2D eigenvalue weighted by molar-refractivity contribution is 0.102. The van der Waals surface area contributed by atoms with Crippen molar-refractivity contribution in [2.24, 2.45) is 0 Å². The molecule has 21 heavy (non-hydrogen) atoms. The van der Waals surface area contributed by atoms with Crippen molar-refractivity contribution in [3.05, 3.63) is 47.8 Å². The number of carbonyl (C=O) groups is 1. The average Bonchev–Trinajstić information content (AvgIpc) is 3.32. The molecular formula is C16H18N4O. The van der Waals surface area contributed by atoms with E-state index in [1.54, 1.807) is 12.4 Å². The molecule has 5 nitrogen and oxygen atoms in total. The highest BCUT2D eigenvalue weighted by molar-refractivity contribution is 6.04. The molecule has 1 aliphatic rings. The minimum atomic E-state index is -0.186. The highest BCUT2D eigenvalue weighted by atomic mass is 16.1. The molecule has 0 aliphatic heterocycles. The van der Waals surface area contributed by atoms with Crippen LogP contribution in [-0.2, 0) is 6.42 Å². The number of carbonyl (C=O) groups excluding carboxylic acids is 1. The van der Waals surface area contributed by atoms with E-state index in [9.17, 15) is 4.79 Å². The first-order valence-corrected chi connectivity index (χ1v) is 7.24. The summed E-state index contributed by atoms with van der Waals surface area (Å²) in [4.78, 5) is 20.6. The van der Waals surface area contributed by atoms with Gasteiger partial charge in [-0.2, -0.15) is 0 Å². The second-order valence-electron chi connectivity index (χ2n) is 5.18. The molecule has 1 amide bonds. The van der Waals surface area contributed by atoms with Crippen molar-refractivity contribution < 1.29 is 4.79 Å². The van der Waals surface area contributed by atoms with Crippen molar-refractivity contribution in [3.8, 4) is 0 Å². The monoisotopic (exact) mass is 282 g/mol. The quantitative estimate of drug-likeness (QED) is 0.885. The molecule has 0 spiro atoms. The first-order chi connectivity index (χ1) is 10.3. The van der Waals surface area contributed by atoms with E-state index in [0.29, 0.717) is 17.6 Å². The van der Waals surface area contributed by atoms with E-state index < -0.39 is 0 Å². The van der Waals surface area contributed by atoms with E-state index in [1.165, 1.54) is 12.8 Å². The zero-order valence-corrected chi connectivity index (χ0v) is 12.0. The highest BCUT2D eigenvalue weighted by Crippen LogP contribution is 2.22. The molecule has 0 bridgehead atoms. The summed E-state index contributed by atoms with van der Waals surface area (Å²) in [7, 11) is 0. The standard InChI is InChI=1S/C16H18N4O/c1-2-11-5-3-4-6-14(11)20-15(21)12-9-17-16(18-10-12)19-13-7-8-13/h3-6,9-10,13H,2,7-8H2,1H3,(H,20,21)(H,17,18,19). The van der Waals surface area contributed by atoms with Gasteiger partial charge in [-0.05, 0) is 30.9 Å². The summed E-state index contributed by atoms with van der Waals surface area (Å²) < 4.78 is 0. The number of para-hydroxylation sites is 1. The number of benzene rings is 1. The van der Waals surface area contributed by atoms with Gasteiger partial charge in [0.1, 0.15) is 0 Å². The van der Waals surface area contributed by atoms with Gasteiger partial charge in [-0.15, -0.1) is 0 Å². The molecule has 0 atom stereocenters. The number of hydrogen-bond donors (Lipinski definition) is 2. The minimum absolute atomic E-state index is 0.186. The molecule has 1 saturated carbocycles. The molecule has 1 aromatic carbocycles. The van der Waals surface area contributed by atoms with Gasteiger partial charge >= 0.3 is 0 Å². The van der Waals surface area contributed by atoms with Crippen LogP contribution in [0.1, 0.15) is 35.7 Å². The molecule has 2 N–H and O–H groups in total.